The zero-order valence-electron chi connectivity index (χ0n) is 11.0. The van der Waals surface area contributed by atoms with E-state index in [1.165, 1.54) is 11.8 Å². The molecule has 2 aromatic heterocycles. The molecule has 0 bridgehead atoms. The van der Waals surface area contributed by atoms with Gasteiger partial charge in [-0.1, -0.05) is 23.7 Å². The van der Waals surface area contributed by atoms with E-state index in [0.29, 0.717) is 32.8 Å². The molecule has 0 saturated heterocycles. The van der Waals surface area contributed by atoms with Crippen LogP contribution in [-0.2, 0) is 0 Å². The fraction of sp³-hybridized carbons (Fsp3) is 0.0714. The van der Waals surface area contributed by atoms with Crippen molar-refractivity contribution in [2.45, 2.75) is 5.03 Å². The number of rotatable bonds is 3. The third kappa shape index (κ3) is 2.42. The van der Waals surface area contributed by atoms with Crippen LogP contribution >= 0.6 is 23.4 Å². The molecule has 0 aliphatic carbocycles. The first-order chi connectivity index (χ1) is 10.2. The van der Waals surface area contributed by atoms with Gasteiger partial charge in [0.1, 0.15) is 16.7 Å². The molecule has 21 heavy (non-hydrogen) atoms. The normalized spacial score (nSPS) is 10.5. The Morgan fingerprint density at radius 3 is 2.86 bits per heavy atom. The summed E-state index contributed by atoms with van der Waals surface area (Å²) in [6, 6.07) is 11.3. The van der Waals surface area contributed by atoms with Crippen LogP contribution in [0.3, 0.4) is 0 Å². The lowest BCUT2D eigenvalue weighted by molar-refractivity contribution is 0.917. The largest absolute Gasteiger partial charge is 0.338 e. The Kier molecular flexibility index (Phi) is 3.69. The molecule has 0 saturated carbocycles. The lowest BCUT2D eigenvalue weighted by Gasteiger charge is -2.13. The van der Waals surface area contributed by atoms with Gasteiger partial charge in [0, 0.05) is 6.07 Å². The predicted molar refractivity (Wildman–Crippen MR) is 84.2 cm³/mol. The maximum Gasteiger partial charge on any atom is 0.158 e. The first-order valence-electron chi connectivity index (χ1n) is 6.08. The van der Waals surface area contributed by atoms with Crippen molar-refractivity contribution in [3.8, 4) is 6.07 Å². The van der Waals surface area contributed by atoms with E-state index in [1.54, 1.807) is 22.8 Å². The highest BCUT2D eigenvalue weighted by atomic mass is 35.5. The van der Waals surface area contributed by atoms with E-state index in [-0.39, 0.29) is 0 Å². The molecule has 0 aliphatic rings. The molecule has 0 unspecified atom stereocenters. The minimum atomic E-state index is 0.443. The Bertz CT molecular complexity index is 852. The first-order valence-corrected chi connectivity index (χ1v) is 7.68. The number of halogens is 1. The summed E-state index contributed by atoms with van der Waals surface area (Å²) in [5.41, 5.74) is 1.83. The molecule has 0 fully saturated rings. The maximum atomic E-state index is 9.46. The van der Waals surface area contributed by atoms with Crippen molar-refractivity contribution >= 4 is 40.5 Å². The van der Waals surface area contributed by atoms with Crippen molar-refractivity contribution in [1.82, 2.24) is 14.6 Å². The molecule has 0 atom stereocenters. The highest BCUT2D eigenvalue weighted by Crippen LogP contribution is 2.30. The predicted octanol–water partition coefficient (Wildman–Crippen LogP) is 3.72. The summed E-state index contributed by atoms with van der Waals surface area (Å²) in [5.74, 6) is 0.560. The van der Waals surface area contributed by atoms with Gasteiger partial charge >= 0.3 is 0 Å². The second-order valence-electron chi connectivity index (χ2n) is 4.16. The number of para-hydroxylation sites is 1. The number of nitrogens with one attached hydrogen (secondary N) is 1. The highest BCUT2D eigenvalue weighted by Gasteiger charge is 2.16. The van der Waals surface area contributed by atoms with Gasteiger partial charge < -0.3 is 5.32 Å². The monoisotopic (exact) mass is 315 g/mol. The van der Waals surface area contributed by atoms with Crippen LogP contribution in [0.25, 0.3) is 5.65 Å². The third-order valence-electron chi connectivity index (χ3n) is 2.93. The quantitative estimate of drug-likeness (QED) is 0.589. The highest BCUT2D eigenvalue weighted by molar-refractivity contribution is 7.98. The summed E-state index contributed by atoms with van der Waals surface area (Å²) in [7, 11) is 0. The van der Waals surface area contributed by atoms with Crippen LogP contribution in [0.2, 0.25) is 5.02 Å². The minimum absolute atomic E-state index is 0.443. The van der Waals surface area contributed by atoms with E-state index in [2.05, 4.69) is 21.5 Å². The number of hydrogen-bond donors (Lipinski definition) is 1. The molecule has 2 heterocycles. The van der Waals surface area contributed by atoms with Crippen LogP contribution in [0, 0.1) is 11.3 Å². The number of thioether (sulfide) groups is 1. The summed E-state index contributed by atoms with van der Waals surface area (Å²) in [6.45, 7) is 0. The molecule has 0 aliphatic heterocycles. The molecule has 5 nitrogen and oxygen atoms in total. The van der Waals surface area contributed by atoms with Crippen molar-refractivity contribution in [3.05, 3.63) is 47.1 Å². The van der Waals surface area contributed by atoms with Crippen LogP contribution in [0.5, 0.6) is 0 Å². The summed E-state index contributed by atoms with van der Waals surface area (Å²) < 4.78 is 1.60. The summed E-state index contributed by atoms with van der Waals surface area (Å²) in [6.07, 6.45) is 3.53. The van der Waals surface area contributed by atoms with Gasteiger partial charge in [0.25, 0.3) is 0 Å². The van der Waals surface area contributed by atoms with Crippen molar-refractivity contribution in [1.29, 1.82) is 5.26 Å². The zero-order valence-corrected chi connectivity index (χ0v) is 12.6. The van der Waals surface area contributed by atoms with E-state index in [1.807, 2.05) is 24.5 Å². The second-order valence-corrected chi connectivity index (χ2v) is 5.36. The van der Waals surface area contributed by atoms with Gasteiger partial charge in [-0.3, -0.25) is 0 Å². The standard InChI is InChI=1S/C14H10ClN5S/c1-21-14-9(8-16)13(20-12(19-14)6-7-17-20)18-11-5-3-2-4-10(11)15/h2-7,18H,1H3. The maximum absolute atomic E-state index is 9.46. The van der Waals surface area contributed by atoms with E-state index in [0.717, 1.165) is 0 Å². The Balaban J connectivity index is 2.23. The molecule has 104 valence electrons. The van der Waals surface area contributed by atoms with Crippen molar-refractivity contribution < 1.29 is 0 Å². The van der Waals surface area contributed by atoms with Gasteiger partial charge in [0.2, 0.25) is 0 Å². The Morgan fingerprint density at radius 2 is 2.14 bits per heavy atom. The minimum Gasteiger partial charge on any atom is -0.338 e. The number of anilines is 2. The molecule has 1 N–H and O–H groups in total. The lowest BCUT2D eigenvalue weighted by atomic mass is 10.3. The topological polar surface area (TPSA) is 66.0 Å². The van der Waals surface area contributed by atoms with Crippen molar-refractivity contribution in [3.63, 3.8) is 0 Å². The van der Waals surface area contributed by atoms with Gasteiger partial charge in [-0.25, -0.2) is 4.98 Å². The van der Waals surface area contributed by atoms with Crippen LogP contribution in [0.15, 0.2) is 41.6 Å². The molecule has 0 radical (unpaired) electrons. The number of nitrogens with zero attached hydrogens (tertiary/aromatic N) is 4. The van der Waals surface area contributed by atoms with E-state index >= 15 is 0 Å². The van der Waals surface area contributed by atoms with Crippen LogP contribution in [-0.4, -0.2) is 20.9 Å². The van der Waals surface area contributed by atoms with E-state index in [4.69, 9.17) is 11.6 Å². The Hall–Kier alpha value is -2.23. The third-order valence-corrected chi connectivity index (χ3v) is 3.95. The number of hydrogen-bond acceptors (Lipinski definition) is 5. The number of aromatic nitrogens is 3. The first kappa shape index (κ1) is 13.7. The molecule has 1 aromatic carbocycles. The number of fused-ring (bicyclic) bond motifs is 1. The lowest BCUT2D eigenvalue weighted by Crippen LogP contribution is -2.06. The van der Waals surface area contributed by atoms with Gasteiger partial charge in [-0.2, -0.15) is 14.9 Å². The van der Waals surface area contributed by atoms with Gasteiger partial charge in [0.05, 0.1) is 16.9 Å². The molecular formula is C14H10ClN5S. The average molecular weight is 316 g/mol. The Labute approximate surface area is 130 Å². The van der Waals surface area contributed by atoms with Gasteiger partial charge in [0.15, 0.2) is 11.5 Å². The smallest absolute Gasteiger partial charge is 0.158 e. The van der Waals surface area contributed by atoms with Gasteiger partial charge in [-0.15, -0.1) is 11.8 Å². The SMILES string of the molecule is CSc1nc2ccnn2c(Nc2ccccc2Cl)c1C#N. The second kappa shape index (κ2) is 5.64. The molecule has 7 heteroatoms. The molecule has 0 spiro atoms. The average Bonchev–Trinajstić information content (AvgIpc) is 2.97. The Morgan fingerprint density at radius 1 is 1.33 bits per heavy atom. The van der Waals surface area contributed by atoms with Crippen molar-refractivity contribution in [2.24, 2.45) is 0 Å². The zero-order chi connectivity index (χ0) is 14.8. The van der Waals surface area contributed by atoms with Gasteiger partial charge in [-0.05, 0) is 18.4 Å². The molecular weight excluding hydrogens is 306 g/mol. The molecule has 0 amide bonds. The summed E-state index contributed by atoms with van der Waals surface area (Å²) >= 11 is 7.59. The van der Waals surface area contributed by atoms with Crippen molar-refractivity contribution in [2.75, 3.05) is 11.6 Å². The fourth-order valence-electron chi connectivity index (χ4n) is 1.97. The van der Waals surface area contributed by atoms with Crippen LogP contribution in [0.4, 0.5) is 11.5 Å². The fourth-order valence-corrected chi connectivity index (χ4v) is 2.69. The van der Waals surface area contributed by atoms with Crippen LogP contribution < -0.4 is 5.32 Å². The summed E-state index contributed by atoms with van der Waals surface area (Å²) in [5, 5.41) is 18.1. The number of benzene rings is 1. The molecule has 3 aromatic rings. The number of nitriles is 1. The van der Waals surface area contributed by atoms with E-state index in [9.17, 15) is 5.26 Å². The molecule has 3 rings (SSSR count). The van der Waals surface area contributed by atoms with E-state index < -0.39 is 0 Å². The van der Waals surface area contributed by atoms with Crippen LogP contribution in [0.1, 0.15) is 5.56 Å². The summed E-state index contributed by atoms with van der Waals surface area (Å²) in [4.78, 5) is 4.42.